The minimum absolute atomic E-state index is 0.0200. The molecule has 0 bridgehead atoms. The van der Waals surface area contributed by atoms with E-state index in [4.69, 9.17) is 4.84 Å². The van der Waals surface area contributed by atoms with Gasteiger partial charge in [-0.25, -0.2) is 20.2 Å². The first-order chi connectivity index (χ1) is 7.04. The molecule has 0 radical (unpaired) electrons. The van der Waals surface area contributed by atoms with Gasteiger partial charge in [-0.3, -0.25) is 4.84 Å². The van der Waals surface area contributed by atoms with Gasteiger partial charge >= 0.3 is 0 Å². The fraction of sp³-hybridized carbons (Fsp3) is 1.00. The van der Waals surface area contributed by atoms with E-state index >= 15 is 0 Å². The molecule has 0 atom stereocenters. The van der Waals surface area contributed by atoms with Crippen LogP contribution < -0.4 is 0 Å². The van der Waals surface area contributed by atoms with Gasteiger partial charge in [-0.05, 0) is 0 Å². The molecule has 1 saturated heterocycles. The largest absolute Gasteiger partial charge is 0.298 e. The Morgan fingerprint density at radius 1 is 1.07 bits per heavy atom. The Morgan fingerprint density at radius 3 is 1.73 bits per heavy atom. The van der Waals surface area contributed by atoms with Gasteiger partial charge in [-0.2, -0.15) is 0 Å². The lowest BCUT2D eigenvalue weighted by Crippen LogP contribution is -2.41. The van der Waals surface area contributed by atoms with Crippen molar-refractivity contribution in [2.45, 2.75) is 0 Å². The Kier molecular flexibility index (Phi) is 3.57. The zero-order valence-electron chi connectivity index (χ0n) is 8.11. The van der Waals surface area contributed by atoms with Crippen LogP contribution >= 0.6 is 0 Å². The number of hydrazine groups is 2. The van der Waals surface area contributed by atoms with Crippen LogP contribution in [-0.2, 0) is 4.84 Å². The molecule has 0 aromatic carbocycles. The third kappa shape index (κ3) is 2.89. The fourth-order valence-corrected chi connectivity index (χ4v) is 1.16. The van der Waals surface area contributed by atoms with E-state index in [-0.39, 0.29) is 26.4 Å². The first-order valence-electron chi connectivity index (χ1n) is 4.12. The minimum atomic E-state index is -0.602. The molecule has 1 aliphatic rings. The summed E-state index contributed by atoms with van der Waals surface area (Å²) in [5.41, 5.74) is 0. The molecule has 0 spiro atoms. The molecular weight excluding hydrogens is 210 g/mol. The van der Waals surface area contributed by atoms with E-state index in [0.29, 0.717) is 0 Å². The lowest BCUT2D eigenvalue weighted by atomic mass is 10.6. The van der Waals surface area contributed by atoms with Crippen LogP contribution in [0.25, 0.3) is 0 Å². The smallest absolute Gasteiger partial charge is 0.161 e. The maximum Gasteiger partial charge on any atom is 0.161 e. The SMILES string of the molecule is CON1CN([N+](=O)[O-])CCN([N+](=O)[O-])C1. The van der Waals surface area contributed by atoms with Crippen molar-refractivity contribution >= 4 is 0 Å². The van der Waals surface area contributed by atoms with E-state index in [2.05, 4.69) is 0 Å². The summed E-state index contributed by atoms with van der Waals surface area (Å²) in [6.07, 6.45) is 0. The number of hydroxylamine groups is 2. The summed E-state index contributed by atoms with van der Waals surface area (Å²) in [5, 5.41) is 22.7. The molecule has 1 rings (SSSR count). The Hall–Kier alpha value is -1.68. The van der Waals surface area contributed by atoms with Gasteiger partial charge in [-0.15, -0.1) is 15.1 Å². The maximum absolute atomic E-state index is 10.5. The number of hydrogen-bond donors (Lipinski definition) is 0. The molecule has 0 saturated carbocycles. The standard InChI is InChI=1S/C5H11N5O5/c1-15-8-4-6(9(11)12)2-3-7(5-8)10(13)14/h2-5H2,1H3. The minimum Gasteiger partial charge on any atom is -0.298 e. The molecule has 0 aliphatic carbocycles. The summed E-state index contributed by atoms with van der Waals surface area (Å²) < 4.78 is 0. The van der Waals surface area contributed by atoms with Crippen molar-refractivity contribution in [3.8, 4) is 0 Å². The highest BCUT2D eigenvalue weighted by Crippen LogP contribution is 2.04. The van der Waals surface area contributed by atoms with Crippen LogP contribution in [0.4, 0.5) is 0 Å². The first-order valence-corrected chi connectivity index (χ1v) is 4.12. The monoisotopic (exact) mass is 221 g/mol. The second-order valence-electron chi connectivity index (χ2n) is 2.88. The van der Waals surface area contributed by atoms with Crippen LogP contribution in [0.3, 0.4) is 0 Å². The van der Waals surface area contributed by atoms with E-state index in [0.717, 1.165) is 15.1 Å². The highest BCUT2D eigenvalue weighted by molar-refractivity contribution is 4.54. The molecule has 86 valence electrons. The van der Waals surface area contributed by atoms with E-state index in [1.54, 1.807) is 0 Å². The predicted molar refractivity (Wildman–Crippen MR) is 46.0 cm³/mol. The van der Waals surface area contributed by atoms with Gasteiger partial charge in [0.05, 0.1) is 7.11 Å². The number of hydrogen-bond acceptors (Lipinski definition) is 6. The van der Waals surface area contributed by atoms with Crippen LogP contribution in [-0.4, -0.2) is 58.7 Å². The fourth-order valence-electron chi connectivity index (χ4n) is 1.16. The van der Waals surface area contributed by atoms with E-state index in [1.807, 2.05) is 0 Å². The lowest BCUT2D eigenvalue weighted by molar-refractivity contribution is -0.666. The molecule has 10 nitrogen and oxygen atoms in total. The molecule has 0 aromatic heterocycles. The summed E-state index contributed by atoms with van der Waals surface area (Å²) >= 11 is 0. The van der Waals surface area contributed by atoms with E-state index < -0.39 is 10.1 Å². The van der Waals surface area contributed by atoms with Crippen LogP contribution in [0.5, 0.6) is 0 Å². The molecule has 1 aliphatic heterocycles. The number of rotatable bonds is 3. The number of nitrogens with zero attached hydrogens (tertiary/aromatic N) is 5. The van der Waals surface area contributed by atoms with Gasteiger partial charge in [0.15, 0.2) is 23.4 Å². The van der Waals surface area contributed by atoms with Crippen LogP contribution in [0.15, 0.2) is 0 Å². The molecule has 1 heterocycles. The van der Waals surface area contributed by atoms with Crippen molar-refractivity contribution in [1.29, 1.82) is 0 Å². The molecule has 1 fully saturated rings. The Balaban J connectivity index is 2.67. The lowest BCUT2D eigenvalue weighted by Gasteiger charge is -2.19. The predicted octanol–water partition coefficient (Wildman–Crippen LogP) is -1.23. The third-order valence-electron chi connectivity index (χ3n) is 1.98. The molecule has 15 heavy (non-hydrogen) atoms. The van der Waals surface area contributed by atoms with Gasteiger partial charge < -0.3 is 0 Å². The van der Waals surface area contributed by atoms with Gasteiger partial charge in [0.2, 0.25) is 0 Å². The van der Waals surface area contributed by atoms with Crippen molar-refractivity contribution in [3.05, 3.63) is 20.2 Å². The highest BCUT2D eigenvalue weighted by Gasteiger charge is 2.30. The topological polar surface area (TPSA) is 105 Å². The average Bonchev–Trinajstić information content (AvgIpc) is 2.39. The van der Waals surface area contributed by atoms with Crippen LogP contribution in [0, 0.1) is 20.2 Å². The zero-order chi connectivity index (χ0) is 11.4. The second-order valence-corrected chi connectivity index (χ2v) is 2.88. The van der Waals surface area contributed by atoms with Crippen molar-refractivity contribution in [1.82, 2.24) is 15.1 Å². The van der Waals surface area contributed by atoms with Gasteiger partial charge in [0.1, 0.15) is 13.1 Å². The Morgan fingerprint density at radius 2 is 1.47 bits per heavy atom. The van der Waals surface area contributed by atoms with Crippen molar-refractivity contribution < 1.29 is 14.9 Å². The van der Waals surface area contributed by atoms with Crippen molar-refractivity contribution in [3.63, 3.8) is 0 Å². The third-order valence-corrected chi connectivity index (χ3v) is 1.98. The molecule has 10 heteroatoms. The zero-order valence-corrected chi connectivity index (χ0v) is 8.11. The Labute approximate surface area is 84.8 Å². The Bertz CT molecular complexity index is 236. The highest BCUT2D eigenvalue weighted by atomic mass is 16.7. The quantitative estimate of drug-likeness (QED) is 0.430. The summed E-state index contributed by atoms with van der Waals surface area (Å²) in [5.74, 6) is 0. The molecule has 0 aromatic rings. The molecule has 0 amide bonds. The van der Waals surface area contributed by atoms with Gasteiger partial charge in [0.25, 0.3) is 0 Å². The second kappa shape index (κ2) is 4.70. The normalized spacial score (nSPS) is 18.7. The molecular formula is C5H11N5O5. The molecule has 0 unspecified atom stereocenters. The van der Waals surface area contributed by atoms with E-state index in [1.165, 1.54) is 7.11 Å². The summed E-state index contributed by atoms with van der Waals surface area (Å²) in [7, 11) is 1.31. The van der Waals surface area contributed by atoms with Crippen LogP contribution in [0.1, 0.15) is 0 Å². The van der Waals surface area contributed by atoms with Crippen LogP contribution in [0.2, 0.25) is 0 Å². The first kappa shape index (κ1) is 11.4. The van der Waals surface area contributed by atoms with Gasteiger partial charge in [-0.1, -0.05) is 0 Å². The van der Waals surface area contributed by atoms with E-state index in [9.17, 15) is 20.2 Å². The van der Waals surface area contributed by atoms with Gasteiger partial charge in [0, 0.05) is 0 Å². The van der Waals surface area contributed by atoms with Crippen molar-refractivity contribution in [2.24, 2.45) is 0 Å². The maximum atomic E-state index is 10.5. The average molecular weight is 221 g/mol. The van der Waals surface area contributed by atoms with Crippen molar-refractivity contribution in [2.75, 3.05) is 33.5 Å². The summed E-state index contributed by atoms with van der Waals surface area (Å²) in [6.45, 7) is -0.247. The number of nitro groups is 2. The molecule has 0 N–H and O–H groups in total. The summed E-state index contributed by atoms with van der Waals surface area (Å²) in [4.78, 5) is 25.8. The summed E-state index contributed by atoms with van der Waals surface area (Å²) in [6, 6.07) is 0.